The molecule has 1 atom stereocenters. The van der Waals surface area contributed by atoms with Crippen LogP contribution in [0.15, 0.2) is 47.7 Å². The Morgan fingerprint density at radius 2 is 2.05 bits per heavy atom. The summed E-state index contributed by atoms with van der Waals surface area (Å²) >= 11 is 0. The van der Waals surface area contributed by atoms with Gasteiger partial charge >= 0.3 is 0 Å². The summed E-state index contributed by atoms with van der Waals surface area (Å²) in [6.45, 7) is 1.85. The fraction of sp³-hybridized carbons (Fsp3) is 0.176. The Kier molecular flexibility index (Phi) is 3.63. The smallest absolute Gasteiger partial charge is 0.123 e. The fourth-order valence-corrected chi connectivity index (χ4v) is 2.59. The molecule has 0 fully saturated rings. The van der Waals surface area contributed by atoms with Crippen LogP contribution in [-0.2, 0) is 0 Å². The molecule has 2 aromatic rings. The van der Waals surface area contributed by atoms with Crippen molar-refractivity contribution in [2.24, 2.45) is 10.7 Å². The number of phenolic OH excluding ortho intramolecular Hbond substituents is 1. The Labute approximate surface area is 127 Å². The maximum atomic E-state index is 14.0. The van der Waals surface area contributed by atoms with Crippen molar-refractivity contribution in [1.82, 2.24) is 4.98 Å². The van der Waals surface area contributed by atoms with E-state index in [1.165, 1.54) is 19.1 Å². The Morgan fingerprint density at radius 3 is 2.82 bits per heavy atom. The van der Waals surface area contributed by atoms with Gasteiger partial charge in [0.25, 0.3) is 0 Å². The van der Waals surface area contributed by atoms with E-state index in [0.29, 0.717) is 29.1 Å². The van der Waals surface area contributed by atoms with Crippen LogP contribution < -0.4 is 5.73 Å². The molecule has 1 aromatic heterocycles. The molecule has 0 aliphatic carbocycles. The quantitative estimate of drug-likeness (QED) is 0.895. The molecule has 1 aromatic carbocycles. The fourth-order valence-electron chi connectivity index (χ4n) is 2.59. The van der Waals surface area contributed by atoms with Crippen LogP contribution in [-0.4, -0.2) is 22.3 Å². The van der Waals surface area contributed by atoms with Gasteiger partial charge in [0.2, 0.25) is 0 Å². The third-order valence-corrected chi connectivity index (χ3v) is 3.67. The molecule has 0 bridgehead atoms. The second-order valence-electron chi connectivity index (χ2n) is 5.16. The van der Waals surface area contributed by atoms with Crippen molar-refractivity contribution < 1.29 is 9.50 Å². The predicted molar refractivity (Wildman–Crippen MR) is 84.5 cm³/mol. The molecule has 0 saturated heterocycles. The van der Waals surface area contributed by atoms with Crippen molar-refractivity contribution in [2.45, 2.75) is 13.1 Å². The van der Waals surface area contributed by atoms with Crippen molar-refractivity contribution in [1.29, 1.82) is 0 Å². The summed E-state index contributed by atoms with van der Waals surface area (Å²) in [6, 6.07) is 6.47. The van der Waals surface area contributed by atoms with E-state index in [1.807, 2.05) is 12.1 Å². The first-order valence-corrected chi connectivity index (χ1v) is 7.00. The van der Waals surface area contributed by atoms with Gasteiger partial charge in [-0.05, 0) is 42.8 Å². The van der Waals surface area contributed by atoms with Crippen LogP contribution >= 0.6 is 0 Å². The number of halogens is 1. The Hall–Kier alpha value is -2.69. The zero-order valence-corrected chi connectivity index (χ0v) is 12.1. The normalized spacial score (nSPS) is 15.4. The van der Waals surface area contributed by atoms with Crippen LogP contribution in [0.2, 0.25) is 0 Å². The maximum absolute atomic E-state index is 14.0. The largest absolute Gasteiger partial charge is 0.508 e. The molecule has 2 heterocycles. The highest BCUT2D eigenvalue weighted by molar-refractivity contribution is 6.16. The summed E-state index contributed by atoms with van der Waals surface area (Å²) in [5, 5.41) is 9.63. The lowest BCUT2D eigenvalue weighted by Crippen LogP contribution is -2.11. The van der Waals surface area contributed by atoms with E-state index in [1.54, 1.807) is 18.5 Å². The summed E-state index contributed by atoms with van der Waals surface area (Å²) in [5.41, 5.74) is 9.97. The Morgan fingerprint density at radius 1 is 1.23 bits per heavy atom. The molecule has 5 heteroatoms. The van der Waals surface area contributed by atoms with Gasteiger partial charge in [-0.2, -0.15) is 0 Å². The number of hydrogen-bond donors (Lipinski definition) is 2. The highest BCUT2D eigenvalue weighted by Gasteiger charge is 2.20. The first-order chi connectivity index (χ1) is 10.6. The van der Waals surface area contributed by atoms with Crippen molar-refractivity contribution in [3.63, 3.8) is 0 Å². The lowest BCUT2D eigenvalue weighted by atomic mass is 9.93. The van der Waals surface area contributed by atoms with E-state index in [-0.39, 0.29) is 5.75 Å². The molecule has 0 radical (unpaired) electrons. The van der Waals surface area contributed by atoms with Gasteiger partial charge in [0.1, 0.15) is 11.9 Å². The molecule has 0 saturated carbocycles. The van der Waals surface area contributed by atoms with Crippen LogP contribution in [0.1, 0.15) is 35.3 Å². The molecule has 3 N–H and O–H groups in total. The number of aromatic hydroxyl groups is 1. The molecule has 0 amide bonds. The Balaban J connectivity index is 2.22. The topological polar surface area (TPSA) is 71.5 Å². The molecule has 112 valence electrons. The monoisotopic (exact) mass is 297 g/mol. The van der Waals surface area contributed by atoms with Gasteiger partial charge in [-0.15, -0.1) is 0 Å². The van der Waals surface area contributed by atoms with E-state index in [2.05, 4.69) is 9.98 Å². The lowest BCUT2D eigenvalue weighted by Gasteiger charge is -2.15. The number of pyridine rings is 1. The average Bonchev–Trinajstić information content (AvgIpc) is 2.67. The minimum absolute atomic E-state index is 0.0325. The minimum Gasteiger partial charge on any atom is -0.508 e. The minimum atomic E-state index is -1.22. The van der Waals surface area contributed by atoms with Crippen molar-refractivity contribution in [2.75, 3.05) is 6.54 Å². The zero-order valence-electron chi connectivity index (χ0n) is 12.1. The van der Waals surface area contributed by atoms with Gasteiger partial charge in [0.15, 0.2) is 0 Å². The average molecular weight is 297 g/mol. The summed E-state index contributed by atoms with van der Waals surface area (Å²) < 4.78 is 14.0. The second-order valence-corrected chi connectivity index (χ2v) is 5.16. The Bertz CT molecular complexity index is 781. The van der Waals surface area contributed by atoms with Crippen LogP contribution in [0.25, 0.3) is 5.70 Å². The highest BCUT2D eigenvalue weighted by Crippen LogP contribution is 2.30. The van der Waals surface area contributed by atoms with Gasteiger partial charge in [-0.25, -0.2) is 4.39 Å². The lowest BCUT2D eigenvalue weighted by molar-refractivity contribution is 0.371. The van der Waals surface area contributed by atoms with E-state index >= 15 is 0 Å². The molecule has 0 spiro atoms. The van der Waals surface area contributed by atoms with E-state index in [9.17, 15) is 9.50 Å². The number of aliphatic imine (C=N–C) groups is 1. The number of phenols is 1. The second kappa shape index (κ2) is 5.60. The number of nitrogens with two attached hydrogens (primary N) is 1. The number of benzene rings is 1. The third-order valence-electron chi connectivity index (χ3n) is 3.67. The first kappa shape index (κ1) is 14.3. The summed E-state index contributed by atoms with van der Waals surface area (Å²) in [6.07, 6.45) is 3.93. The standard InChI is InChI=1S/C17H16FN3O/c1-10(18)14-8-11(22)2-3-12(14)17-13-4-6-20-9-15(13)16(19)5-7-21-17/h2-6,8-10,22H,7,19H2,1H3. The van der Waals surface area contributed by atoms with Gasteiger partial charge in [0, 0.05) is 34.8 Å². The summed E-state index contributed by atoms with van der Waals surface area (Å²) in [7, 11) is 0. The van der Waals surface area contributed by atoms with Gasteiger partial charge in [0.05, 0.1) is 12.3 Å². The van der Waals surface area contributed by atoms with Crippen molar-refractivity contribution >= 4 is 11.4 Å². The van der Waals surface area contributed by atoms with Crippen molar-refractivity contribution in [3.8, 4) is 5.75 Å². The number of nitrogens with zero attached hydrogens (tertiary/aromatic N) is 2. The van der Waals surface area contributed by atoms with E-state index < -0.39 is 6.17 Å². The number of rotatable bonds is 2. The van der Waals surface area contributed by atoms with Crippen LogP contribution in [0.4, 0.5) is 4.39 Å². The van der Waals surface area contributed by atoms with Crippen LogP contribution in [0.5, 0.6) is 5.75 Å². The van der Waals surface area contributed by atoms with Crippen LogP contribution in [0.3, 0.4) is 0 Å². The number of fused-ring (bicyclic) bond motifs is 1. The molecule has 4 nitrogen and oxygen atoms in total. The molecule has 22 heavy (non-hydrogen) atoms. The SMILES string of the molecule is CC(F)c1cc(O)ccc1C1=NCC=C(N)c2cnccc21. The van der Waals surface area contributed by atoms with Gasteiger partial charge < -0.3 is 10.8 Å². The van der Waals surface area contributed by atoms with E-state index in [0.717, 1.165) is 11.1 Å². The highest BCUT2D eigenvalue weighted by atomic mass is 19.1. The van der Waals surface area contributed by atoms with E-state index in [4.69, 9.17) is 5.73 Å². The molecule has 1 aliphatic rings. The van der Waals surface area contributed by atoms with Gasteiger partial charge in [-0.1, -0.05) is 0 Å². The van der Waals surface area contributed by atoms with Crippen molar-refractivity contribution in [3.05, 3.63) is 65.0 Å². The summed E-state index contributed by atoms with van der Waals surface area (Å²) in [5.74, 6) is 0.0325. The predicted octanol–water partition coefficient (Wildman–Crippen LogP) is 2.97. The number of aromatic nitrogens is 1. The maximum Gasteiger partial charge on any atom is 0.123 e. The molecule has 1 unspecified atom stereocenters. The molecular weight excluding hydrogens is 281 g/mol. The zero-order chi connectivity index (χ0) is 15.7. The molecule has 1 aliphatic heterocycles. The first-order valence-electron chi connectivity index (χ1n) is 7.00. The summed E-state index contributed by atoms with van der Waals surface area (Å²) in [4.78, 5) is 8.64. The third kappa shape index (κ3) is 2.45. The van der Waals surface area contributed by atoms with Crippen LogP contribution in [0, 0.1) is 0 Å². The molecular formula is C17H16FN3O. The number of hydrogen-bond acceptors (Lipinski definition) is 4. The number of alkyl halides is 1. The molecule has 3 rings (SSSR count). The van der Waals surface area contributed by atoms with Gasteiger partial charge in [-0.3, -0.25) is 9.98 Å².